The van der Waals surface area contributed by atoms with Crippen LogP contribution in [0.3, 0.4) is 0 Å². The van der Waals surface area contributed by atoms with E-state index in [4.69, 9.17) is 16.1 Å². The zero-order chi connectivity index (χ0) is 24.6. The van der Waals surface area contributed by atoms with Gasteiger partial charge in [-0.25, -0.2) is 4.79 Å². The first-order valence-electron chi connectivity index (χ1n) is 11.6. The maximum atomic E-state index is 12.6. The number of hydrogen-bond donors (Lipinski definition) is 1. The first-order chi connectivity index (χ1) is 17.0. The van der Waals surface area contributed by atoms with Gasteiger partial charge in [0.1, 0.15) is 0 Å². The van der Waals surface area contributed by atoms with Gasteiger partial charge >= 0.3 is 6.03 Å². The number of halogens is 1. The Kier molecular flexibility index (Phi) is 8.33. The van der Waals surface area contributed by atoms with Gasteiger partial charge in [0.2, 0.25) is 17.6 Å². The summed E-state index contributed by atoms with van der Waals surface area (Å²) in [5, 5.41) is 7.53. The molecule has 1 saturated heterocycles. The number of carbonyl (C=O) groups excluding carboxylic acids is 2. The van der Waals surface area contributed by atoms with Crippen LogP contribution in [0.1, 0.15) is 17.9 Å². The minimum absolute atomic E-state index is 0.0403. The zero-order valence-electron chi connectivity index (χ0n) is 19.7. The molecule has 0 atom stereocenters. The summed E-state index contributed by atoms with van der Waals surface area (Å²) < 4.78 is 5.40. The van der Waals surface area contributed by atoms with Crippen LogP contribution in [0.5, 0.6) is 0 Å². The van der Waals surface area contributed by atoms with E-state index in [0.717, 1.165) is 24.2 Å². The van der Waals surface area contributed by atoms with E-state index in [0.29, 0.717) is 49.5 Å². The lowest BCUT2D eigenvalue weighted by atomic mass is 10.2. The van der Waals surface area contributed by atoms with Crippen LogP contribution in [-0.2, 0) is 17.9 Å². The van der Waals surface area contributed by atoms with E-state index in [2.05, 4.69) is 20.4 Å². The van der Waals surface area contributed by atoms with Crippen molar-refractivity contribution in [1.29, 1.82) is 0 Å². The van der Waals surface area contributed by atoms with Crippen molar-refractivity contribution in [3.8, 4) is 11.4 Å². The molecule has 35 heavy (non-hydrogen) atoms. The Morgan fingerprint density at radius 3 is 2.49 bits per heavy atom. The van der Waals surface area contributed by atoms with Crippen molar-refractivity contribution in [3.63, 3.8) is 0 Å². The van der Waals surface area contributed by atoms with Gasteiger partial charge < -0.3 is 19.6 Å². The predicted octanol–water partition coefficient (Wildman–Crippen LogP) is 3.27. The molecule has 10 heteroatoms. The summed E-state index contributed by atoms with van der Waals surface area (Å²) in [4.78, 5) is 35.0. The summed E-state index contributed by atoms with van der Waals surface area (Å²) in [6.07, 6.45) is 0.277. The number of nitrogens with one attached hydrogen (secondary N) is 1. The first-order valence-corrected chi connectivity index (χ1v) is 12.0. The molecule has 2 aromatic carbocycles. The number of hydrogen-bond acceptors (Lipinski definition) is 6. The molecule has 0 radical (unpaired) electrons. The number of nitrogens with zero attached hydrogens (tertiary/aromatic N) is 5. The van der Waals surface area contributed by atoms with Crippen molar-refractivity contribution < 1.29 is 14.1 Å². The van der Waals surface area contributed by atoms with Crippen LogP contribution in [0.15, 0.2) is 59.1 Å². The fraction of sp³-hybridized carbons (Fsp3) is 0.360. The number of aromatic nitrogens is 2. The monoisotopic (exact) mass is 496 g/mol. The minimum Gasteiger partial charge on any atom is -0.340 e. The van der Waals surface area contributed by atoms with Crippen LogP contribution in [-0.4, -0.2) is 76.6 Å². The average molecular weight is 497 g/mol. The molecule has 1 aromatic heterocycles. The molecule has 1 aliphatic rings. The van der Waals surface area contributed by atoms with Crippen molar-refractivity contribution >= 4 is 23.5 Å². The third kappa shape index (κ3) is 7.03. The number of carbonyl (C=O) groups is 2. The highest BCUT2D eigenvalue weighted by atomic mass is 35.5. The first kappa shape index (κ1) is 24.7. The molecule has 9 nitrogen and oxygen atoms in total. The Morgan fingerprint density at radius 2 is 1.77 bits per heavy atom. The fourth-order valence-electron chi connectivity index (χ4n) is 3.88. The molecule has 1 aliphatic heterocycles. The van der Waals surface area contributed by atoms with E-state index in [1.165, 1.54) is 0 Å². The van der Waals surface area contributed by atoms with Crippen molar-refractivity contribution in [2.75, 3.05) is 39.8 Å². The fourth-order valence-corrected chi connectivity index (χ4v) is 4.01. The quantitative estimate of drug-likeness (QED) is 0.514. The largest absolute Gasteiger partial charge is 0.340 e. The summed E-state index contributed by atoms with van der Waals surface area (Å²) in [7, 11) is 1.74. The molecule has 3 aromatic rings. The van der Waals surface area contributed by atoms with Crippen molar-refractivity contribution in [2.24, 2.45) is 0 Å². The molecule has 184 valence electrons. The van der Waals surface area contributed by atoms with E-state index in [1.807, 2.05) is 47.4 Å². The molecular formula is C25H29ClN6O3. The Hall–Kier alpha value is -3.43. The van der Waals surface area contributed by atoms with Gasteiger partial charge in [-0.05, 0) is 29.8 Å². The zero-order valence-corrected chi connectivity index (χ0v) is 20.4. The highest BCUT2D eigenvalue weighted by Crippen LogP contribution is 2.19. The second kappa shape index (κ2) is 11.8. The molecule has 2 heterocycles. The molecule has 0 aliphatic carbocycles. The van der Waals surface area contributed by atoms with Crippen molar-refractivity contribution in [2.45, 2.75) is 19.5 Å². The topological polar surface area (TPSA) is 94.8 Å². The lowest BCUT2D eigenvalue weighted by Gasteiger charge is -2.34. The Labute approximate surface area is 209 Å². The van der Waals surface area contributed by atoms with Gasteiger partial charge in [-0.3, -0.25) is 9.69 Å². The predicted molar refractivity (Wildman–Crippen MR) is 133 cm³/mol. The lowest BCUT2D eigenvalue weighted by molar-refractivity contribution is -0.132. The SMILES string of the molecule is CN(Cc1ccccc1)C(=O)NCCC(=O)N1CCN(Cc2nc(-c3ccc(Cl)cc3)no2)CC1. The second-order valence-electron chi connectivity index (χ2n) is 8.50. The van der Waals surface area contributed by atoms with Gasteiger partial charge in [0.25, 0.3) is 0 Å². The standard InChI is InChI=1S/C25H29ClN6O3/c1-30(17-19-5-3-2-4-6-19)25(34)27-12-11-23(33)32-15-13-31(14-16-32)18-22-28-24(29-35-22)20-7-9-21(26)10-8-20/h2-10H,11-18H2,1H3,(H,27,34). The third-order valence-corrected chi connectivity index (χ3v) is 6.13. The molecule has 0 spiro atoms. The summed E-state index contributed by atoms with van der Waals surface area (Å²) >= 11 is 5.93. The van der Waals surface area contributed by atoms with Gasteiger partial charge in [0.15, 0.2) is 0 Å². The maximum Gasteiger partial charge on any atom is 0.317 e. The van der Waals surface area contributed by atoms with Crippen molar-refractivity contribution in [3.05, 3.63) is 71.1 Å². The van der Waals surface area contributed by atoms with Gasteiger partial charge in [0.05, 0.1) is 6.54 Å². The number of benzene rings is 2. The maximum absolute atomic E-state index is 12.6. The van der Waals surface area contributed by atoms with E-state index < -0.39 is 0 Å². The van der Waals surface area contributed by atoms with Crippen LogP contribution in [0.25, 0.3) is 11.4 Å². The minimum atomic E-state index is -0.191. The Balaban J connectivity index is 1.15. The number of rotatable bonds is 8. The molecule has 0 saturated carbocycles. The average Bonchev–Trinajstić information content (AvgIpc) is 3.33. The molecule has 4 rings (SSSR count). The normalized spacial score (nSPS) is 14.1. The van der Waals surface area contributed by atoms with E-state index >= 15 is 0 Å². The molecule has 1 fully saturated rings. The molecular weight excluding hydrogens is 468 g/mol. The van der Waals surface area contributed by atoms with Gasteiger partial charge in [-0.1, -0.05) is 47.1 Å². The van der Waals surface area contributed by atoms with Crippen LogP contribution in [0, 0.1) is 0 Å². The van der Waals surface area contributed by atoms with Crippen LogP contribution < -0.4 is 5.32 Å². The number of piperazine rings is 1. The second-order valence-corrected chi connectivity index (χ2v) is 8.94. The lowest BCUT2D eigenvalue weighted by Crippen LogP contribution is -2.49. The Morgan fingerprint density at radius 1 is 1.06 bits per heavy atom. The van der Waals surface area contributed by atoms with Crippen LogP contribution >= 0.6 is 11.6 Å². The highest BCUT2D eigenvalue weighted by molar-refractivity contribution is 6.30. The number of urea groups is 1. The van der Waals surface area contributed by atoms with Crippen LogP contribution in [0.4, 0.5) is 4.79 Å². The molecule has 0 unspecified atom stereocenters. The van der Waals surface area contributed by atoms with Gasteiger partial charge in [-0.2, -0.15) is 4.98 Å². The van der Waals surface area contributed by atoms with Crippen molar-refractivity contribution in [1.82, 2.24) is 30.2 Å². The highest BCUT2D eigenvalue weighted by Gasteiger charge is 2.23. The summed E-state index contributed by atoms with van der Waals surface area (Å²) in [6.45, 7) is 4.05. The summed E-state index contributed by atoms with van der Waals surface area (Å²) in [6, 6.07) is 16.9. The molecule has 3 amide bonds. The van der Waals surface area contributed by atoms with Gasteiger partial charge in [-0.15, -0.1) is 0 Å². The molecule has 0 bridgehead atoms. The Bertz CT molecular complexity index is 1110. The summed E-state index contributed by atoms with van der Waals surface area (Å²) in [5.41, 5.74) is 1.90. The van der Waals surface area contributed by atoms with E-state index in [1.54, 1.807) is 24.1 Å². The third-order valence-electron chi connectivity index (χ3n) is 5.88. The number of amides is 3. The molecule has 1 N–H and O–H groups in total. The summed E-state index contributed by atoms with van der Waals surface area (Å²) in [5.74, 6) is 1.11. The van der Waals surface area contributed by atoms with E-state index in [-0.39, 0.29) is 18.4 Å². The van der Waals surface area contributed by atoms with Crippen LogP contribution in [0.2, 0.25) is 5.02 Å². The van der Waals surface area contributed by atoms with E-state index in [9.17, 15) is 9.59 Å². The van der Waals surface area contributed by atoms with Gasteiger partial charge in [0, 0.05) is 63.3 Å². The smallest absolute Gasteiger partial charge is 0.317 e.